The summed E-state index contributed by atoms with van der Waals surface area (Å²) in [6, 6.07) is 1.69. The van der Waals surface area contributed by atoms with E-state index in [9.17, 15) is 4.79 Å². The van der Waals surface area contributed by atoms with Gasteiger partial charge in [0.2, 0.25) is 0 Å². The summed E-state index contributed by atoms with van der Waals surface area (Å²) in [7, 11) is 0. The number of aromatic nitrogens is 1. The van der Waals surface area contributed by atoms with Crippen LogP contribution in [0.3, 0.4) is 0 Å². The van der Waals surface area contributed by atoms with E-state index in [1.165, 1.54) is 6.20 Å². The van der Waals surface area contributed by atoms with Crippen LogP contribution in [0.5, 0.6) is 0 Å². The van der Waals surface area contributed by atoms with E-state index in [0.29, 0.717) is 11.6 Å². The minimum absolute atomic E-state index is 0.221. The number of anilines is 1. The molecule has 2 N–H and O–H groups in total. The fraction of sp³-hybridized carbons (Fsp3) is 0.455. The van der Waals surface area contributed by atoms with Crippen molar-refractivity contribution in [3.05, 3.63) is 24.0 Å². The highest BCUT2D eigenvalue weighted by molar-refractivity contribution is 7.98. The van der Waals surface area contributed by atoms with Crippen molar-refractivity contribution >= 4 is 23.4 Å². The second kappa shape index (κ2) is 6.37. The van der Waals surface area contributed by atoms with E-state index < -0.39 is 5.97 Å². The first-order valence-electron chi connectivity index (χ1n) is 5.05. The lowest BCUT2D eigenvalue weighted by atomic mass is 10.2. The van der Waals surface area contributed by atoms with Crippen LogP contribution in [0.25, 0.3) is 0 Å². The van der Waals surface area contributed by atoms with Gasteiger partial charge in [0.15, 0.2) is 0 Å². The van der Waals surface area contributed by atoms with Crippen molar-refractivity contribution < 1.29 is 9.90 Å². The number of hydrogen-bond donors (Lipinski definition) is 2. The number of nitrogens with one attached hydrogen (secondary N) is 1. The molecule has 1 aromatic rings. The largest absolute Gasteiger partial charge is 0.478 e. The maximum Gasteiger partial charge on any atom is 0.339 e. The van der Waals surface area contributed by atoms with Crippen molar-refractivity contribution in [1.82, 2.24) is 4.98 Å². The average molecular weight is 240 g/mol. The van der Waals surface area contributed by atoms with Crippen molar-refractivity contribution in [3.63, 3.8) is 0 Å². The normalized spacial score (nSPS) is 12.1. The first-order chi connectivity index (χ1) is 7.65. The summed E-state index contributed by atoms with van der Waals surface area (Å²) >= 11 is 1.79. The Hall–Kier alpha value is -1.23. The highest BCUT2D eigenvalue weighted by Crippen LogP contribution is 2.14. The van der Waals surface area contributed by atoms with E-state index in [4.69, 9.17) is 5.11 Å². The molecule has 0 spiro atoms. The molecule has 1 atom stereocenters. The summed E-state index contributed by atoms with van der Waals surface area (Å²) in [6.07, 6.45) is 5.02. The third-order valence-corrected chi connectivity index (χ3v) is 3.05. The minimum atomic E-state index is -0.951. The monoisotopic (exact) mass is 240 g/mol. The molecule has 16 heavy (non-hydrogen) atoms. The third kappa shape index (κ3) is 3.73. The molecule has 1 heterocycles. The molecule has 1 rings (SSSR count). The lowest BCUT2D eigenvalue weighted by molar-refractivity contribution is 0.0697. The van der Waals surface area contributed by atoms with Gasteiger partial charge in [0.25, 0.3) is 0 Å². The van der Waals surface area contributed by atoms with Crippen LogP contribution in [-0.2, 0) is 0 Å². The molecule has 0 amide bonds. The fourth-order valence-corrected chi connectivity index (χ4v) is 2.03. The molecule has 0 bridgehead atoms. The Morgan fingerprint density at radius 3 is 3.06 bits per heavy atom. The van der Waals surface area contributed by atoms with Crippen LogP contribution in [0.2, 0.25) is 0 Å². The molecular weight excluding hydrogens is 224 g/mol. The third-order valence-electron chi connectivity index (χ3n) is 2.14. The molecule has 1 unspecified atom stereocenters. The Morgan fingerprint density at radius 1 is 1.69 bits per heavy atom. The van der Waals surface area contributed by atoms with Gasteiger partial charge in [0, 0.05) is 18.9 Å². The van der Waals surface area contributed by atoms with E-state index in [2.05, 4.69) is 23.5 Å². The number of carboxylic acids is 1. The van der Waals surface area contributed by atoms with E-state index in [1.807, 2.05) is 0 Å². The quantitative estimate of drug-likeness (QED) is 0.798. The van der Waals surface area contributed by atoms with Gasteiger partial charge in [-0.1, -0.05) is 6.92 Å². The molecule has 0 fully saturated rings. The number of nitrogens with zero attached hydrogens (tertiary/aromatic N) is 1. The molecule has 0 saturated heterocycles. The first kappa shape index (κ1) is 12.8. The van der Waals surface area contributed by atoms with Crippen LogP contribution < -0.4 is 5.32 Å². The number of carbonyl (C=O) groups is 1. The van der Waals surface area contributed by atoms with Gasteiger partial charge < -0.3 is 10.4 Å². The van der Waals surface area contributed by atoms with Crippen LogP contribution in [0, 0.1) is 5.92 Å². The molecule has 0 aliphatic heterocycles. The first-order valence-corrected chi connectivity index (χ1v) is 6.44. The molecule has 5 heteroatoms. The van der Waals surface area contributed by atoms with Crippen LogP contribution >= 0.6 is 11.8 Å². The van der Waals surface area contributed by atoms with Crippen LogP contribution in [0.15, 0.2) is 18.5 Å². The molecule has 0 aromatic carbocycles. The molecule has 88 valence electrons. The second-order valence-corrected chi connectivity index (χ2v) is 4.58. The molecule has 0 aliphatic carbocycles. The summed E-state index contributed by atoms with van der Waals surface area (Å²) in [5.41, 5.74) is 0.856. The highest BCUT2D eigenvalue weighted by Gasteiger charge is 2.10. The van der Waals surface area contributed by atoms with Gasteiger partial charge in [-0.2, -0.15) is 11.8 Å². The summed E-state index contributed by atoms with van der Waals surface area (Å²) in [4.78, 5) is 14.7. The smallest absolute Gasteiger partial charge is 0.339 e. The lowest BCUT2D eigenvalue weighted by Crippen LogP contribution is -2.15. The van der Waals surface area contributed by atoms with Gasteiger partial charge in [-0.15, -0.1) is 0 Å². The van der Waals surface area contributed by atoms with Gasteiger partial charge in [-0.3, -0.25) is 4.98 Å². The molecule has 4 nitrogen and oxygen atoms in total. The van der Waals surface area contributed by atoms with Gasteiger partial charge in [0.05, 0.1) is 5.69 Å². The van der Waals surface area contributed by atoms with E-state index in [1.54, 1.807) is 24.0 Å². The number of aromatic carboxylic acids is 1. The summed E-state index contributed by atoms with van der Waals surface area (Å²) < 4.78 is 0. The number of pyridine rings is 1. The Kier molecular flexibility index (Phi) is 5.11. The van der Waals surface area contributed by atoms with Gasteiger partial charge in [-0.25, -0.2) is 4.79 Å². The van der Waals surface area contributed by atoms with Gasteiger partial charge in [0.1, 0.15) is 5.56 Å². The Balaban J connectivity index is 2.63. The number of carboxylic acid groups (broad SMARTS) is 1. The van der Waals surface area contributed by atoms with Crippen molar-refractivity contribution in [2.24, 2.45) is 5.92 Å². The molecule has 0 radical (unpaired) electrons. The average Bonchev–Trinajstić information content (AvgIpc) is 2.27. The zero-order valence-electron chi connectivity index (χ0n) is 9.43. The van der Waals surface area contributed by atoms with E-state index in [-0.39, 0.29) is 5.56 Å². The molecule has 0 aliphatic rings. The second-order valence-electron chi connectivity index (χ2n) is 3.67. The highest BCUT2D eigenvalue weighted by atomic mass is 32.2. The molecule has 1 aromatic heterocycles. The lowest BCUT2D eigenvalue weighted by Gasteiger charge is -2.13. The van der Waals surface area contributed by atoms with Crippen LogP contribution in [0.1, 0.15) is 17.3 Å². The zero-order valence-corrected chi connectivity index (χ0v) is 10.3. The zero-order chi connectivity index (χ0) is 12.0. The number of hydrogen-bond acceptors (Lipinski definition) is 4. The molecular formula is C11H16N2O2S. The van der Waals surface area contributed by atoms with Crippen molar-refractivity contribution in [1.29, 1.82) is 0 Å². The van der Waals surface area contributed by atoms with Gasteiger partial charge in [-0.05, 0) is 24.0 Å². The van der Waals surface area contributed by atoms with Crippen LogP contribution in [-0.4, -0.2) is 34.6 Å². The van der Waals surface area contributed by atoms with E-state index in [0.717, 1.165) is 12.3 Å². The predicted octanol–water partition coefficient (Wildman–Crippen LogP) is 2.19. The number of thioether (sulfide) groups is 1. The molecule has 0 saturated carbocycles. The Morgan fingerprint density at radius 2 is 2.44 bits per heavy atom. The fourth-order valence-electron chi connectivity index (χ4n) is 1.35. The summed E-state index contributed by atoms with van der Waals surface area (Å²) in [5, 5.41) is 12.1. The van der Waals surface area contributed by atoms with Crippen molar-refractivity contribution in [2.45, 2.75) is 6.92 Å². The maximum absolute atomic E-state index is 10.9. The van der Waals surface area contributed by atoms with Crippen molar-refractivity contribution in [2.75, 3.05) is 23.9 Å². The minimum Gasteiger partial charge on any atom is -0.478 e. The summed E-state index contributed by atoms with van der Waals surface area (Å²) in [5.74, 6) is 0.610. The van der Waals surface area contributed by atoms with Crippen LogP contribution in [0.4, 0.5) is 5.69 Å². The SMILES string of the molecule is CSCC(C)CNc1ccncc1C(=O)O. The topological polar surface area (TPSA) is 62.2 Å². The number of rotatable bonds is 6. The van der Waals surface area contributed by atoms with Gasteiger partial charge >= 0.3 is 5.97 Å². The predicted molar refractivity (Wildman–Crippen MR) is 67.2 cm³/mol. The standard InChI is InChI=1S/C11H16N2O2S/c1-8(7-16-2)5-13-10-3-4-12-6-9(10)11(14)15/h3-4,6,8H,5,7H2,1-2H3,(H,12,13)(H,14,15). The summed E-state index contributed by atoms with van der Waals surface area (Å²) in [6.45, 7) is 2.90. The van der Waals surface area contributed by atoms with E-state index >= 15 is 0 Å². The Bertz CT molecular complexity index is 358. The van der Waals surface area contributed by atoms with Crippen molar-refractivity contribution in [3.8, 4) is 0 Å². The maximum atomic E-state index is 10.9. The Labute approximate surface area is 99.5 Å².